The lowest BCUT2D eigenvalue weighted by molar-refractivity contribution is -0.0851. The monoisotopic (exact) mass is 621 g/mol. The number of piperidine rings is 3. The van der Waals surface area contributed by atoms with Gasteiger partial charge in [0, 0.05) is 30.6 Å². The number of hydrogen-bond acceptors (Lipinski definition) is 10. The van der Waals surface area contributed by atoms with Crippen LogP contribution in [0.1, 0.15) is 49.8 Å². The number of aliphatic hydroxyl groups excluding tert-OH is 1. The molecule has 4 saturated heterocycles. The molecule has 13 nitrogen and oxygen atoms in total. The number of halogens is 1. The number of aromatic nitrogens is 6. The fourth-order valence-corrected chi connectivity index (χ4v) is 7.16. The Bertz CT molecular complexity index is 1810. The van der Waals surface area contributed by atoms with Gasteiger partial charge in [0.15, 0.2) is 0 Å². The molecule has 3 aromatic heterocycles. The third-order valence-corrected chi connectivity index (χ3v) is 9.57. The Balaban J connectivity index is 1.09. The first-order valence-corrected chi connectivity index (χ1v) is 15.3. The van der Waals surface area contributed by atoms with Crippen LogP contribution in [-0.2, 0) is 22.6 Å². The van der Waals surface area contributed by atoms with Crippen molar-refractivity contribution < 1.29 is 23.7 Å². The van der Waals surface area contributed by atoms with Crippen molar-refractivity contribution in [2.75, 3.05) is 20.2 Å². The molecule has 0 saturated carbocycles. The number of nitrogens with one attached hydrogen (secondary N) is 1. The summed E-state index contributed by atoms with van der Waals surface area (Å²) in [5.74, 6) is 0.951. The van der Waals surface area contributed by atoms with Crippen molar-refractivity contribution >= 4 is 10.9 Å². The highest BCUT2D eigenvalue weighted by atomic mass is 19.1. The van der Waals surface area contributed by atoms with E-state index in [0.29, 0.717) is 17.5 Å². The van der Waals surface area contributed by atoms with Crippen molar-refractivity contribution in [3.63, 3.8) is 0 Å². The first-order valence-electron chi connectivity index (χ1n) is 15.3. The van der Waals surface area contributed by atoms with Gasteiger partial charge in [0.05, 0.1) is 50.4 Å². The van der Waals surface area contributed by atoms with Gasteiger partial charge in [0.1, 0.15) is 23.8 Å². The summed E-state index contributed by atoms with van der Waals surface area (Å²) in [5, 5.41) is 20.2. The van der Waals surface area contributed by atoms with E-state index in [1.165, 1.54) is 6.42 Å². The number of methoxy groups -OCH3 is 1. The van der Waals surface area contributed by atoms with Gasteiger partial charge in [-0.05, 0) is 61.1 Å². The van der Waals surface area contributed by atoms with E-state index in [4.69, 9.17) is 14.2 Å². The van der Waals surface area contributed by atoms with Gasteiger partial charge in [-0.3, -0.25) is 24.2 Å². The summed E-state index contributed by atoms with van der Waals surface area (Å²) in [5.41, 5.74) is 0.622. The third-order valence-electron chi connectivity index (χ3n) is 9.57. The van der Waals surface area contributed by atoms with E-state index in [2.05, 4.69) is 27.1 Å². The maximum absolute atomic E-state index is 13.8. The first kappa shape index (κ1) is 29.7. The molecular formula is C31H36FN7O6. The Labute approximate surface area is 257 Å². The molecule has 8 rings (SSSR count). The maximum Gasteiger partial charge on any atom is 0.330 e. The average Bonchev–Trinajstić information content (AvgIpc) is 3.65. The molecule has 7 heterocycles. The lowest BCUT2D eigenvalue weighted by Crippen LogP contribution is -2.55. The summed E-state index contributed by atoms with van der Waals surface area (Å²) in [6, 6.07) is 8.12. The minimum absolute atomic E-state index is 0.0462. The molecule has 8 atom stereocenters. The number of aliphatic hydroxyl groups is 1. The zero-order chi connectivity index (χ0) is 31.2. The highest BCUT2D eigenvalue weighted by Crippen LogP contribution is 2.43. The molecule has 7 unspecified atom stereocenters. The SMILES string of the molecule is COc1ccc2nccc([C@@H](OCc3cn(CC4OC(n5cc(F)c(=O)[nH]c5=O)CC4O)nn3)C3CC4CCN3CC4C)c2c1. The number of aromatic amines is 1. The number of nitrogens with zero attached hydrogens (tertiary/aromatic N) is 6. The van der Waals surface area contributed by atoms with E-state index in [1.54, 1.807) is 18.0 Å². The Morgan fingerprint density at radius 2 is 2.09 bits per heavy atom. The van der Waals surface area contributed by atoms with Crippen LogP contribution < -0.4 is 16.0 Å². The van der Waals surface area contributed by atoms with E-state index in [-0.39, 0.29) is 31.7 Å². The highest BCUT2D eigenvalue weighted by molar-refractivity contribution is 5.84. The summed E-state index contributed by atoms with van der Waals surface area (Å²) < 4.78 is 34.4. The van der Waals surface area contributed by atoms with Gasteiger partial charge in [-0.25, -0.2) is 9.48 Å². The number of pyridine rings is 1. The summed E-state index contributed by atoms with van der Waals surface area (Å²) in [6.45, 7) is 4.79. The maximum atomic E-state index is 13.8. The number of ether oxygens (including phenoxy) is 3. The quantitative estimate of drug-likeness (QED) is 0.285. The molecule has 14 heteroatoms. The third kappa shape index (κ3) is 5.78. The highest BCUT2D eigenvalue weighted by Gasteiger charge is 2.43. The van der Waals surface area contributed by atoms with Crippen molar-refractivity contribution in [1.82, 2.24) is 34.4 Å². The number of H-pyrrole nitrogens is 1. The van der Waals surface area contributed by atoms with Gasteiger partial charge >= 0.3 is 5.69 Å². The number of benzene rings is 1. The number of rotatable bonds is 9. The van der Waals surface area contributed by atoms with Crippen molar-refractivity contribution in [3.8, 4) is 5.75 Å². The summed E-state index contributed by atoms with van der Waals surface area (Å²) >= 11 is 0. The topological polar surface area (TPSA) is 150 Å². The van der Waals surface area contributed by atoms with E-state index >= 15 is 0 Å². The predicted molar refractivity (Wildman–Crippen MR) is 159 cm³/mol. The van der Waals surface area contributed by atoms with Gasteiger partial charge in [0.2, 0.25) is 5.82 Å². The molecule has 45 heavy (non-hydrogen) atoms. The molecule has 0 spiro atoms. The van der Waals surface area contributed by atoms with Crippen LogP contribution in [0.25, 0.3) is 10.9 Å². The Hall–Kier alpha value is -3.98. The smallest absolute Gasteiger partial charge is 0.330 e. The van der Waals surface area contributed by atoms with Crippen molar-refractivity contribution in [3.05, 3.63) is 80.8 Å². The van der Waals surface area contributed by atoms with E-state index < -0.39 is 35.5 Å². The zero-order valence-electron chi connectivity index (χ0n) is 25.1. The molecular weight excluding hydrogens is 585 g/mol. The van der Waals surface area contributed by atoms with Crippen molar-refractivity contribution in [2.45, 2.75) is 69.9 Å². The first-order chi connectivity index (χ1) is 21.8. The second-order valence-electron chi connectivity index (χ2n) is 12.3. The van der Waals surface area contributed by atoms with E-state index in [9.17, 15) is 19.1 Å². The molecule has 0 aliphatic carbocycles. The summed E-state index contributed by atoms with van der Waals surface area (Å²) in [7, 11) is 1.65. The number of fused-ring (bicyclic) bond motifs is 4. The molecule has 238 valence electrons. The molecule has 2 bridgehead atoms. The van der Waals surface area contributed by atoms with Gasteiger partial charge in [0.25, 0.3) is 5.56 Å². The van der Waals surface area contributed by atoms with E-state index in [1.807, 2.05) is 35.4 Å². The molecule has 0 radical (unpaired) electrons. The van der Waals surface area contributed by atoms with Gasteiger partial charge in [-0.15, -0.1) is 5.10 Å². The Morgan fingerprint density at radius 1 is 1.22 bits per heavy atom. The van der Waals surface area contributed by atoms with Crippen LogP contribution in [0.5, 0.6) is 5.75 Å². The standard InChI is InChI=1S/C31H36FN7O6/c1-17-12-37-8-6-18(17)9-25(37)29(21-5-7-33-24-4-3-20(43-2)10-22(21)24)44-16-19-13-38(36-35-19)15-27-26(40)11-28(45-27)39-14-23(32)30(41)34-31(39)42/h3-5,7,10,13-14,17-18,25-29,40H,6,8-9,11-12,15-16H2,1-2H3,(H,34,41,42)/t17?,18?,25?,26?,27?,28?,29-/m1/s1. The second kappa shape index (κ2) is 12.1. The molecule has 4 aliphatic rings. The minimum Gasteiger partial charge on any atom is -0.497 e. The van der Waals surface area contributed by atoms with Crippen LogP contribution in [0.15, 0.2) is 52.4 Å². The van der Waals surface area contributed by atoms with Gasteiger partial charge in [-0.2, -0.15) is 4.39 Å². The fourth-order valence-electron chi connectivity index (χ4n) is 7.16. The largest absolute Gasteiger partial charge is 0.497 e. The second-order valence-corrected chi connectivity index (χ2v) is 12.3. The minimum atomic E-state index is -1.11. The lowest BCUT2D eigenvalue weighted by atomic mass is 9.74. The lowest BCUT2D eigenvalue weighted by Gasteiger charge is -2.51. The normalized spacial score (nSPS) is 28.5. The Kier molecular flexibility index (Phi) is 7.98. The van der Waals surface area contributed by atoms with Crippen LogP contribution in [0.3, 0.4) is 0 Å². The van der Waals surface area contributed by atoms with Crippen molar-refractivity contribution in [1.29, 1.82) is 0 Å². The van der Waals surface area contributed by atoms with Gasteiger partial charge < -0.3 is 19.3 Å². The zero-order valence-corrected chi connectivity index (χ0v) is 25.1. The molecule has 1 aromatic carbocycles. The van der Waals surface area contributed by atoms with Crippen LogP contribution in [0, 0.1) is 17.7 Å². The average molecular weight is 622 g/mol. The molecule has 0 amide bonds. The van der Waals surface area contributed by atoms with Crippen LogP contribution in [0.4, 0.5) is 4.39 Å². The van der Waals surface area contributed by atoms with Crippen LogP contribution in [0.2, 0.25) is 0 Å². The molecule has 4 aliphatic heterocycles. The Morgan fingerprint density at radius 3 is 2.87 bits per heavy atom. The number of hydrogen-bond donors (Lipinski definition) is 2. The molecule has 2 N–H and O–H groups in total. The summed E-state index contributed by atoms with van der Waals surface area (Å²) in [6.07, 6.45) is 3.81. The van der Waals surface area contributed by atoms with Crippen LogP contribution >= 0.6 is 0 Å². The van der Waals surface area contributed by atoms with Crippen molar-refractivity contribution in [2.24, 2.45) is 11.8 Å². The fraction of sp³-hybridized carbons (Fsp3) is 0.516. The molecule has 4 aromatic rings. The van der Waals surface area contributed by atoms with E-state index in [0.717, 1.165) is 52.5 Å². The van der Waals surface area contributed by atoms with Gasteiger partial charge in [-0.1, -0.05) is 12.1 Å². The molecule has 4 fully saturated rings. The predicted octanol–water partition coefficient (Wildman–Crippen LogP) is 2.16. The summed E-state index contributed by atoms with van der Waals surface area (Å²) in [4.78, 5) is 32.6. The van der Waals surface area contributed by atoms with Crippen LogP contribution in [-0.4, -0.2) is 78.0 Å².